The SMILES string of the molecule is C[Si](C)(C)C#C[Si](C#C[Si](C)(C)C)(C#C[Si](C)(C)C)C=C[Si](C=C[Si](C#C[Si](C)(C)C)(C#C[Si](C)(C)C)C#C[Si](C)(C)C)(C=C[Si](C#C[Si](C)(C)C)(C#C[Si](C)(C)C)C#C[Si](C)(C)C)Cc1ccccc1. The lowest BCUT2D eigenvalue weighted by molar-refractivity contribution is 1.35. The Morgan fingerprint density at radius 2 is 0.408 bits per heavy atom. The molecule has 0 spiro atoms. The van der Waals surface area contributed by atoms with Crippen molar-refractivity contribution < 1.29 is 0 Å². The van der Waals surface area contributed by atoms with E-state index >= 15 is 0 Å². The summed E-state index contributed by atoms with van der Waals surface area (Å²) >= 11 is 0. The normalized spacial score (nSPS) is 14.0. The highest BCUT2D eigenvalue weighted by molar-refractivity contribution is 7.12. The first-order chi connectivity index (χ1) is 31.6. The van der Waals surface area contributed by atoms with Gasteiger partial charge in [-0.2, -0.15) is 0 Å². The Morgan fingerprint density at radius 3 is 0.563 bits per heavy atom. The number of rotatable bonds is 8. The highest BCUT2D eigenvalue weighted by Crippen LogP contribution is 2.24. The molecule has 0 radical (unpaired) electrons. The summed E-state index contributed by atoms with van der Waals surface area (Å²) in [6.45, 7) is 63.1. The van der Waals surface area contributed by atoms with E-state index in [1.807, 2.05) is 0 Å². The molecule has 0 heterocycles. The van der Waals surface area contributed by atoms with E-state index < -0.39 is 105 Å². The first kappa shape index (κ1) is 66.3. The van der Waals surface area contributed by atoms with E-state index in [4.69, 9.17) is 0 Å². The van der Waals surface area contributed by atoms with Crippen LogP contribution in [-0.2, 0) is 6.04 Å². The van der Waals surface area contributed by atoms with Gasteiger partial charge in [0.1, 0.15) is 80.7 Å². The van der Waals surface area contributed by atoms with Crippen LogP contribution in [0.15, 0.2) is 64.5 Å². The number of hydrogen-bond donors (Lipinski definition) is 0. The average Bonchev–Trinajstić information content (AvgIpc) is 3.16. The van der Waals surface area contributed by atoms with E-state index in [1.54, 1.807) is 0 Å². The lowest BCUT2D eigenvalue weighted by atomic mass is 10.2. The minimum atomic E-state index is -3.05. The number of hydrogen-bond acceptors (Lipinski definition) is 0. The van der Waals surface area contributed by atoms with Crippen molar-refractivity contribution in [1.29, 1.82) is 0 Å². The van der Waals surface area contributed by atoms with Crippen LogP contribution in [-0.4, -0.2) is 105 Å². The van der Waals surface area contributed by atoms with Crippen LogP contribution in [0.3, 0.4) is 0 Å². The van der Waals surface area contributed by atoms with Crippen LogP contribution in [0.4, 0.5) is 0 Å². The molecule has 13 heteroatoms. The molecule has 378 valence electrons. The molecule has 0 aromatic heterocycles. The van der Waals surface area contributed by atoms with E-state index in [-0.39, 0.29) is 0 Å². The quantitative estimate of drug-likeness (QED) is 0.180. The van der Waals surface area contributed by atoms with Crippen molar-refractivity contribution in [3.63, 3.8) is 0 Å². The summed E-state index contributed by atoms with van der Waals surface area (Å²) in [6, 6.07) is 11.9. The van der Waals surface area contributed by atoms with Gasteiger partial charge in [-0.05, 0) is 11.6 Å². The topological polar surface area (TPSA) is 0 Å². The molecule has 0 bridgehead atoms. The van der Waals surface area contributed by atoms with Gasteiger partial charge in [-0.3, -0.25) is 0 Å². The molecule has 1 aromatic carbocycles. The van der Waals surface area contributed by atoms with Gasteiger partial charge in [-0.15, -0.1) is 99.8 Å². The molecule has 0 aliphatic rings. The van der Waals surface area contributed by atoms with Gasteiger partial charge >= 0.3 is 24.2 Å². The summed E-state index contributed by atoms with van der Waals surface area (Å²) in [5.74, 6) is 0. The third-order valence-corrected chi connectivity index (χ3v) is 30.2. The largest absolute Gasteiger partial charge is 0.311 e. The van der Waals surface area contributed by atoms with Crippen LogP contribution in [0.2, 0.25) is 177 Å². The molecular formula is C58H94Si13. The van der Waals surface area contributed by atoms with Crippen LogP contribution in [0.1, 0.15) is 5.56 Å². The van der Waals surface area contributed by atoms with Crippen LogP contribution < -0.4 is 0 Å². The molecule has 0 nitrogen and oxygen atoms in total. The van der Waals surface area contributed by atoms with Crippen molar-refractivity contribution >= 4 is 105 Å². The molecule has 0 atom stereocenters. The fourth-order valence-corrected chi connectivity index (χ4v) is 35.6. The van der Waals surface area contributed by atoms with Crippen molar-refractivity contribution in [2.75, 3.05) is 0 Å². The van der Waals surface area contributed by atoms with Crippen molar-refractivity contribution in [2.45, 2.75) is 183 Å². The predicted molar refractivity (Wildman–Crippen MR) is 361 cm³/mol. The van der Waals surface area contributed by atoms with Crippen LogP contribution in [0.25, 0.3) is 0 Å². The summed E-state index contributed by atoms with van der Waals surface area (Å²) in [4.78, 5) is 0. The second kappa shape index (κ2) is 25.2. The first-order valence-corrected chi connectivity index (χ1v) is 65.8. The van der Waals surface area contributed by atoms with Gasteiger partial charge in [0.25, 0.3) is 0 Å². The van der Waals surface area contributed by atoms with E-state index in [9.17, 15) is 0 Å². The van der Waals surface area contributed by atoms with E-state index in [0.29, 0.717) is 0 Å². The Bertz CT molecular complexity index is 2220. The molecular weight excluding hydrogens is 1060 g/mol. The maximum Gasteiger partial charge on any atom is 0.311 e. The second-order valence-corrected chi connectivity index (χ2v) is 83.1. The minimum Gasteiger partial charge on any atom is -0.136 e. The van der Waals surface area contributed by atoms with Crippen molar-refractivity contribution in [3.05, 3.63) is 70.1 Å². The lowest BCUT2D eigenvalue weighted by Crippen LogP contribution is -2.40. The third kappa shape index (κ3) is 32.3. The van der Waals surface area contributed by atoms with Crippen molar-refractivity contribution in [3.8, 4) is 99.8 Å². The van der Waals surface area contributed by atoms with Gasteiger partial charge in [0, 0.05) is 0 Å². The molecule has 1 rings (SSSR count). The summed E-state index contributed by atoms with van der Waals surface area (Å²) in [5.41, 5.74) is 86.8. The number of benzene rings is 1. The maximum absolute atomic E-state index is 3.97. The fraction of sp³-hybridized carbons (Fsp3) is 0.483. The van der Waals surface area contributed by atoms with Gasteiger partial charge in [0.05, 0.1) is 0 Å². The highest BCUT2D eigenvalue weighted by Gasteiger charge is 2.36. The Labute approximate surface area is 453 Å². The fourth-order valence-electron chi connectivity index (χ4n) is 5.36. The Kier molecular flexibility index (Phi) is 23.6. The smallest absolute Gasteiger partial charge is 0.136 e. The zero-order chi connectivity index (χ0) is 55.3. The van der Waals surface area contributed by atoms with Crippen LogP contribution >= 0.6 is 0 Å². The first-order valence-electron chi connectivity index (χ1n) is 25.6. The van der Waals surface area contributed by atoms with Crippen LogP contribution in [0.5, 0.6) is 0 Å². The average molecular weight is 1160 g/mol. The molecule has 0 amide bonds. The zero-order valence-corrected chi connectivity index (χ0v) is 63.1. The predicted octanol–water partition coefficient (Wildman–Crippen LogP) is 14.2. The maximum atomic E-state index is 3.97. The van der Waals surface area contributed by atoms with E-state index in [1.165, 1.54) is 5.56 Å². The third-order valence-electron chi connectivity index (χ3n) is 9.00. The van der Waals surface area contributed by atoms with Gasteiger partial charge < -0.3 is 0 Å². The highest BCUT2D eigenvalue weighted by atomic mass is 28.4. The summed E-state index contributed by atoms with van der Waals surface area (Å²) in [7, 11) is -28.6. The Hall–Kier alpha value is -2.70. The standard InChI is InChI=1S/C58H94Si13/c1-59(2,3)33-42-68(43-34-60(4,5)6,44-35-61(7,8)9)51-54-71(57-58-31-29-28-30-32-58,55-52-69(45-36-62(10,11)12,46-37-63(13,14)15)47-38-64(16,17)18)56-53-70(48-39-65(19,20)21,49-40-66(22,23)24)50-41-67(25,26)27/h28-32,51-56H,57H2,1-27H3. The molecule has 0 fully saturated rings. The summed E-state index contributed by atoms with van der Waals surface area (Å²) in [6.07, 6.45) is 0. The van der Waals surface area contributed by atoms with Gasteiger partial charge in [0.15, 0.2) is 0 Å². The Morgan fingerprint density at radius 1 is 0.239 bits per heavy atom. The summed E-state index contributed by atoms with van der Waals surface area (Å²) in [5, 5.41) is 0. The molecule has 1 aromatic rings. The molecule has 0 saturated heterocycles. The van der Waals surface area contributed by atoms with E-state index in [2.05, 4.69) is 341 Å². The van der Waals surface area contributed by atoms with E-state index in [0.717, 1.165) is 6.04 Å². The van der Waals surface area contributed by atoms with Gasteiger partial charge in [-0.1, -0.05) is 241 Å². The molecule has 0 N–H and O–H groups in total. The molecule has 0 aliphatic heterocycles. The lowest BCUT2D eigenvalue weighted by Gasteiger charge is -2.25. The van der Waals surface area contributed by atoms with Crippen molar-refractivity contribution in [1.82, 2.24) is 0 Å². The van der Waals surface area contributed by atoms with Crippen molar-refractivity contribution in [2.24, 2.45) is 0 Å². The molecule has 0 aliphatic carbocycles. The monoisotopic (exact) mass is 1150 g/mol. The molecule has 0 saturated carbocycles. The second-order valence-electron chi connectivity index (χ2n) is 28.7. The van der Waals surface area contributed by atoms with Gasteiger partial charge in [-0.25, -0.2) is 0 Å². The van der Waals surface area contributed by atoms with Gasteiger partial charge in [0.2, 0.25) is 0 Å². The summed E-state index contributed by atoms with van der Waals surface area (Å²) < 4.78 is 0. The zero-order valence-electron chi connectivity index (χ0n) is 50.1. The minimum absolute atomic E-state index is 0.815. The molecule has 0 unspecified atom stereocenters. The van der Waals surface area contributed by atoms with Crippen LogP contribution in [0, 0.1) is 99.8 Å². The molecule has 71 heavy (non-hydrogen) atoms. The Balaban J connectivity index is 5.48.